The maximum atomic E-state index is 4.66. The van der Waals surface area contributed by atoms with E-state index in [2.05, 4.69) is 53.8 Å². The monoisotopic (exact) mass is 294 g/mol. The lowest BCUT2D eigenvalue weighted by Crippen LogP contribution is -2.29. The van der Waals surface area contributed by atoms with Gasteiger partial charge in [-0.05, 0) is 24.7 Å². The standard InChI is InChI=1S/C15H22N2S2/c1-12(18-2)8-9-16-15-17-14(11-19-15)10-13-6-4-3-5-7-13/h3-7,12,14H,8-11H2,1-2H3,(H,16,17). The van der Waals surface area contributed by atoms with E-state index in [0.717, 1.165) is 30.3 Å². The molecule has 19 heavy (non-hydrogen) atoms. The number of nitrogens with one attached hydrogen (secondary N) is 1. The summed E-state index contributed by atoms with van der Waals surface area (Å²) < 4.78 is 0. The first-order chi connectivity index (χ1) is 9.28. The zero-order chi connectivity index (χ0) is 13.5. The predicted octanol–water partition coefficient (Wildman–Crippen LogP) is 3.43. The maximum Gasteiger partial charge on any atom is 0.156 e. The van der Waals surface area contributed by atoms with Crippen molar-refractivity contribution in [2.24, 2.45) is 4.99 Å². The molecule has 1 aromatic rings. The quantitative estimate of drug-likeness (QED) is 0.870. The molecular formula is C15H22N2S2. The van der Waals surface area contributed by atoms with Crippen LogP contribution in [0.15, 0.2) is 35.3 Å². The van der Waals surface area contributed by atoms with E-state index in [1.165, 1.54) is 5.56 Å². The number of benzene rings is 1. The van der Waals surface area contributed by atoms with E-state index in [1.807, 2.05) is 23.5 Å². The minimum atomic E-state index is 0.532. The van der Waals surface area contributed by atoms with Crippen molar-refractivity contribution in [2.75, 3.05) is 18.6 Å². The average Bonchev–Trinajstić information content (AvgIpc) is 2.87. The summed E-state index contributed by atoms with van der Waals surface area (Å²) in [6.45, 7) is 3.20. The van der Waals surface area contributed by atoms with Gasteiger partial charge in [-0.3, -0.25) is 4.99 Å². The van der Waals surface area contributed by atoms with Crippen LogP contribution in [-0.2, 0) is 6.42 Å². The average molecular weight is 294 g/mol. The Morgan fingerprint density at radius 2 is 2.21 bits per heavy atom. The van der Waals surface area contributed by atoms with Gasteiger partial charge >= 0.3 is 0 Å². The zero-order valence-electron chi connectivity index (χ0n) is 11.6. The molecule has 0 aliphatic carbocycles. The van der Waals surface area contributed by atoms with Gasteiger partial charge in [0.1, 0.15) is 0 Å². The molecule has 1 aliphatic heterocycles. The maximum absolute atomic E-state index is 4.66. The Morgan fingerprint density at radius 1 is 1.42 bits per heavy atom. The summed E-state index contributed by atoms with van der Waals surface area (Å²) in [5.41, 5.74) is 1.40. The molecule has 1 aliphatic rings. The number of hydrogen-bond donors (Lipinski definition) is 1. The highest BCUT2D eigenvalue weighted by Crippen LogP contribution is 2.18. The van der Waals surface area contributed by atoms with Gasteiger partial charge in [0, 0.05) is 23.6 Å². The van der Waals surface area contributed by atoms with Gasteiger partial charge in [0.05, 0.1) is 0 Å². The third kappa shape index (κ3) is 5.11. The molecule has 1 heterocycles. The fraction of sp³-hybridized carbons (Fsp3) is 0.533. The Balaban J connectivity index is 1.75. The molecule has 1 saturated heterocycles. The molecule has 2 unspecified atom stereocenters. The number of thioether (sulfide) groups is 2. The SMILES string of the molecule is CSC(C)CCN=C1NC(Cc2ccccc2)CS1. The second-order valence-corrected chi connectivity index (χ2v) is 7.15. The van der Waals surface area contributed by atoms with Crippen LogP contribution in [-0.4, -0.2) is 35.0 Å². The van der Waals surface area contributed by atoms with Gasteiger partial charge in [-0.2, -0.15) is 11.8 Å². The van der Waals surface area contributed by atoms with E-state index in [-0.39, 0.29) is 0 Å². The highest BCUT2D eigenvalue weighted by molar-refractivity contribution is 8.14. The van der Waals surface area contributed by atoms with Crippen molar-refractivity contribution in [2.45, 2.75) is 31.1 Å². The fourth-order valence-corrected chi connectivity index (χ4v) is 3.34. The van der Waals surface area contributed by atoms with Crippen LogP contribution >= 0.6 is 23.5 Å². The van der Waals surface area contributed by atoms with E-state index in [4.69, 9.17) is 0 Å². The second-order valence-electron chi connectivity index (χ2n) is 4.86. The summed E-state index contributed by atoms with van der Waals surface area (Å²) >= 11 is 3.77. The lowest BCUT2D eigenvalue weighted by Gasteiger charge is -2.10. The van der Waals surface area contributed by atoms with E-state index in [1.54, 1.807) is 0 Å². The molecule has 104 valence electrons. The Labute approximate surface area is 124 Å². The lowest BCUT2D eigenvalue weighted by molar-refractivity contribution is 0.685. The molecule has 1 aromatic carbocycles. The molecule has 0 spiro atoms. The molecule has 0 aromatic heterocycles. The lowest BCUT2D eigenvalue weighted by atomic mass is 10.1. The third-order valence-electron chi connectivity index (χ3n) is 3.27. The minimum absolute atomic E-state index is 0.532. The molecule has 2 nitrogen and oxygen atoms in total. The molecule has 0 bridgehead atoms. The van der Waals surface area contributed by atoms with E-state index >= 15 is 0 Å². The van der Waals surface area contributed by atoms with Crippen molar-refractivity contribution in [3.05, 3.63) is 35.9 Å². The number of rotatable bonds is 6. The summed E-state index contributed by atoms with van der Waals surface area (Å²) in [5, 5.41) is 5.38. The topological polar surface area (TPSA) is 24.4 Å². The number of nitrogens with zero attached hydrogens (tertiary/aromatic N) is 1. The summed E-state index contributed by atoms with van der Waals surface area (Å²) in [6, 6.07) is 11.2. The summed E-state index contributed by atoms with van der Waals surface area (Å²) in [5.74, 6) is 1.13. The van der Waals surface area contributed by atoms with Crippen molar-refractivity contribution in [1.82, 2.24) is 5.32 Å². The zero-order valence-corrected chi connectivity index (χ0v) is 13.3. The molecule has 4 heteroatoms. The Hall–Kier alpha value is -0.610. The van der Waals surface area contributed by atoms with Gasteiger partial charge in [-0.1, -0.05) is 49.0 Å². The van der Waals surface area contributed by atoms with Gasteiger partial charge in [0.2, 0.25) is 0 Å². The van der Waals surface area contributed by atoms with Crippen LogP contribution in [0.4, 0.5) is 0 Å². The molecule has 1 N–H and O–H groups in total. The van der Waals surface area contributed by atoms with Gasteiger partial charge in [-0.25, -0.2) is 0 Å². The molecule has 2 rings (SSSR count). The summed E-state index contributed by atoms with van der Waals surface area (Å²) in [6.07, 6.45) is 4.42. The Kier molecular flexibility index (Phi) is 6.11. The van der Waals surface area contributed by atoms with Crippen LogP contribution in [0.2, 0.25) is 0 Å². The molecule has 1 fully saturated rings. The van der Waals surface area contributed by atoms with Crippen LogP contribution < -0.4 is 5.32 Å². The predicted molar refractivity (Wildman–Crippen MR) is 89.4 cm³/mol. The molecule has 0 radical (unpaired) electrons. The van der Waals surface area contributed by atoms with Crippen molar-refractivity contribution >= 4 is 28.7 Å². The molecule has 0 amide bonds. The summed E-state index contributed by atoms with van der Waals surface area (Å²) in [4.78, 5) is 4.66. The highest BCUT2D eigenvalue weighted by Gasteiger charge is 2.20. The normalized spacial score (nSPS) is 22.4. The van der Waals surface area contributed by atoms with Gasteiger partial charge in [-0.15, -0.1) is 0 Å². The Morgan fingerprint density at radius 3 is 2.95 bits per heavy atom. The van der Waals surface area contributed by atoms with Crippen LogP contribution in [0.1, 0.15) is 18.9 Å². The highest BCUT2D eigenvalue weighted by atomic mass is 32.2. The van der Waals surface area contributed by atoms with Crippen molar-refractivity contribution in [1.29, 1.82) is 0 Å². The molecular weight excluding hydrogens is 272 g/mol. The van der Waals surface area contributed by atoms with E-state index in [9.17, 15) is 0 Å². The van der Waals surface area contributed by atoms with Crippen molar-refractivity contribution in [3.63, 3.8) is 0 Å². The second kappa shape index (κ2) is 7.85. The number of hydrogen-bond acceptors (Lipinski definition) is 3. The first-order valence-electron chi connectivity index (χ1n) is 6.78. The van der Waals surface area contributed by atoms with Gasteiger partial charge in [0.25, 0.3) is 0 Å². The number of amidine groups is 1. The van der Waals surface area contributed by atoms with Gasteiger partial charge < -0.3 is 5.32 Å². The summed E-state index contributed by atoms with van der Waals surface area (Å²) in [7, 11) is 0. The smallest absolute Gasteiger partial charge is 0.156 e. The van der Waals surface area contributed by atoms with Gasteiger partial charge in [0.15, 0.2) is 5.17 Å². The van der Waals surface area contributed by atoms with Crippen LogP contribution in [0.5, 0.6) is 0 Å². The first kappa shape index (κ1) is 14.8. The van der Waals surface area contributed by atoms with E-state index < -0.39 is 0 Å². The van der Waals surface area contributed by atoms with Crippen molar-refractivity contribution < 1.29 is 0 Å². The molecule has 0 saturated carbocycles. The Bertz CT molecular complexity index is 406. The number of aliphatic imine (C=N–C) groups is 1. The fourth-order valence-electron chi connectivity index (χ4n) is 2.00. The first-order valence-corrected chi connectivity index (χ1v) is 9.06. The van der Waals surface area contributed by atoms with Crippen LogP contribution in [0, 0.1) is 0 Å². The third-order valence-corrected chi connectivity index (χ3v) is 5.40. The van der Waals surface area contributed by atoms with Crippen molar-refractivity contribution in [3.8, 4) is 0 Å². The largest absolute Gasteiger partial charge is 0.361 e. The van der Waals surface area contributed by atoms with Crippen LogP contribution in [0.3, 0.4) is 0 Å². The van der Waals surface area contributed by atoms with Crippen LogP contribution in [0.25, 0.3) is 0 Å². The van der Waals surface area contributed by atoms with E-state index in [0.29, 0.717) is 11.3 Å². The minimum Gasteiger partial charge on any atom is -0.361 e. The molecule has 2 atom stereocenters.